The number of nitrogens with one attached hydrogen (secondary N) is 2. The first-order valence-electron chi connectivity index (χ1n) is 6.71. The molecule has 0 spiro atoms. The minimum atomic E-state index is -0.806. The van der Waals surface area contributed by atoms with Crippen molar-refractivity contribution in [2.45, 2.75) is 46.0 Å². The summed E-state index contributed by atoms with van der Waals surface area (Å²) in [5, 5.41) is 14.3. The number of carbonyl (C=O) groups excluding carboxylic acids is 1. The van der Waals surface area contributed by atoms with Gasteiger partial charge in [-0.1, -0.05) is 26.7 Å². The third-order valence-electron chi connectivity index (χ3n) is 3.39. The van der Waals surface area contributed by atoms with Crippen LogP contribution in [-0.4, -0.2) is 30.2 Å². The van der Waals surface area contributed by atoms with E-state index in [2.05, 4.69) is 24.5 Å². The van der Waals surface area contributed by atoms with Crippen LogP contribution in [0, 0.1) is 11.3 Å². The summed E-state index contributed by atoms with van der Waals surface area (Å²) in [6, 6.07) is -0.257. The highest BCUT2D eigenvalue weighted by Crippen LogP contribution is 2.45. The molecule has 1 aliphatic rings. The molecule has 0 saturated heterocycles. The molecular weight excluding hydrogens is 232 g/mol. The van der Waals surface area contributed by atoms with Crippen molar-refractivity contribution >= 4 is 12.0 Å². The minimum absolute atomic E-state index is 0.236. The molecule has 104 valence electrons. The average Bonchev–Trinajstić information content (AvgIpc) is 3.06. The summed E-state index contributed by atoms with van der Waals surface area (Å²) in [6.07, 6.45) is 4.58. The Kier molecular flexibility index (Phi) is 5.44. The Hall–Kier alpha value is -1.26. The molecule has 0 aromatic carbocycles. The van der Waals surface area contributed by atoms with Gasteiger partial charge in [-0.25, -0.2) is 4.79 Å². The fourth-order valence-electron chi connectivity index (χ4n) is 1.81. The van der Waals surface area contributed by atoms with Gasteiger partial charge in [-0.2, -0.15) is 0 Å². The van der Waals surface area contributed by atoms with E-state index in [0.29, 0.717) is 25.3 Å². The average molecular weight is 256 g/mol. The van der Waals surface area contributed by atoms with Crippen LogP contribution in [0.5, 0.6) is 0 Å². The molecule has 3 N–H and O–H groups in total. The zero-order valence-electron chi connectivity index (χ0n) is 11.3. The van der Waals surface area contributed by atoms with Crippen molar-refractivity contribution in [3.8, 4) is 0 Å². The molecule has 18 heavy (non-hydrogen) atoms. The van der Waals surface area contributed by atoms with Gasteiger partial charge >= 0.3 is 12.0 Å². The second kappa shape index (κ2) is 6.61. The number of carboxylic acid groups (broad SMARTS) is 1. The number of hydrogen-bond acceptors (Lipinski definition) is 2. The van der Waals surface area contributed by atoms with Gasteiger partial charge in [-0.3, -0.25) is 4.79 Å². The van der Waals surface area contributed by atoms with Crippen LogP contribution in [0.1, 0.15) is 46.0 Å². The van der Waals surface area contributed by atoms with E-state index in [-0.39, 0.29) is 12.6 Å². The summed E-state index contributed by atoms with van der Waals surface area (Å²) in [6.45, 7) is 5.25. The maximum absolute atomic E-state index is 11.4. The highest BCUT2D eigenvalue weighted by molar-refractivity contribution is 5.80. The zero-order chi connectivity index (χ0) is 13.6. The topological polar surface area (TPSA) is 78.4 Å². The van der Waals surface area contributed by atoms with E-state index in [0.717, 1.165) is 12.8 Å². The molecule has 0 aromatic heterocycles. The van der Waals surface area contributed by atoms with E-state index in [9.17, 15) is 9.59 Å². The predicted octanol–water partition coefficient (Wildman–Crippen LogP) is 1.98. The van der Waals surface area contributed by atoms with Gasteiger partial charge in [0.15, 0.2) is 0 Å². The van der Waals surface area contributed by atoms with Crippen LogP contribution in [0.25, 0.3) is 0 Å². The monoisotopic (exact) mass is 256 g/mol. The Balaban J connectivity index is 2.03. The maximum atomic E-state index is 11.4. The van der Waals surface area contributed by atoms with Crippen LogP contribution in [0.15, 0.2) is 0 Å². The van der Waals surface area contributed by atoms with Gasteiger partial charge in [0.1, 0.15) is 0 Å². The molecule has 1 saturated carbocycles. The van der Waals surface area contributed by atoms with Gasteiger partial charge in [0.05, 0.1) is 5.41 Å². The molecule has 5 nitrogen and oxygen atoms in total. The van der Waals surface area contributed by atoms with Crippen LogP contribution >= 0.6 is 0 Å². The standard InChI is InChI=1S/C13H24N2O3/c1-10(2)5-3-4-8-14-12(18)15-9-13(6-7-13)11(16)17/h10H,3-9H2,1-2H3,(H,16,17)(H2,14,15,18). The summed E-state index contributed by atoms with van der Waals surface area (Å²) in [5.41, 5.74) is -0.686. The first-order chi connectivity index (χ1) is 8.46. The normalized spacial score (nSPS) is 16.4. The number of unbranched alkanes of at least 4 members (excludes halogenated alkanes) is 1. The molecule has 0 aliphatic heterocycles. The molecule has 0 atom stereocenters. The number of amides is 2. The number of carboxylic acids is 1. The molecule has 1 aliphatic carbocycles. The number of hydrogen-bond donors (Lipinski definition) is 3. The van der Waals surface area contributed by atoms with E-state index in [1.807, 2.05) is 0 Å². The van der Waals surface area contributed by atoms with Crippen molar-refractivity contribution in [3.05, 3.63) is 0 Å². The van der Waals surface area contributed by atoms with Crippen molar-refractivity contribution in [1.29, 1.82) is 0 Å². The van der Waals surface area contributed by atoms with Crippen LogP contribution in [0.4, 0.5) is 4.79 Å². The van der Waals surface area contributed by atoms with Gasteiger partial charge in [0.25, 0.3) is 0 Å². The summed E-state index contributed by atoms with van der Waals surface area (Å²) >= 11 is 0. The number of urea groups is 1. The lowest BCUT2D eigenvalue weighted by Gasteiger charge is -2.12. The second-order valence-electron chi connectivity index (χ2n) is 5.58. The van der Waals surface area contributed by atoms with Crippen molar-refractivity contribution in [2.75, 3.05) is 13.1 Å². The van der Waals surface area contributed by atoms with E-state index in [4.69, 9.17) is 5.11 Å². The Labute approximate surface area is 108 Å². The van der Waals surface area contributed by atoms with Gasteiger partial charge in [-0.15, -0.1) is 0 Å². The van der Waals surface area contributed by atoms with Crippen LogP contribution < -0.4 is 10.6 Å². The number of rotatable bonds is 8. The SMILES string of the molecule is CC(C)CCCCNC(=O)NCC1(C(=O)O)CC1. The molecule has 0 aromatic rings. The first kappa shape index (κ1) is 14.8. The van der Waals surface area contributed by atoms with E-state index in [1.54, 1.807) is 0 Å². The molecule has 2 amide bonds. The summed E-state index contributed by atoms with van der Waals surface area (Å²) in [4.78, 5) is 22.3. The molecule has 0 bridgehead atoms. The fourth-order valence-corrected chi connectivity index (χ4v) is 1.81. The third-order valence-corrected chi connectivity index (χ3v) is 3.39. The van der Waals surface area contributed by atoms with E-state index < -0.39 is 11.4 Å². The minimum Gasteiger partial charge on any atom is -0.481 e. The lowest BCUT2D eigenvalue weighted by atomic mass is 10.1. The van der Waals surface area contributed by atoms with E-state index >= 15 is 0 Å². The van der Waals surface area contributed by atoms with Crippen LogP contribution in [-0.2, 0) is 4.79 Å². The predicted molar refractivity (Wildman–Crippen MR) is 69.4 cm³/mol. The Morgan fingerprint density at radius 1 is 1.22 bits per heavy atom. The molecule has 0 radical (unpaired) electrons. The largest absolute Gasteiger partial charge is 0.481 e. The van der Waals surface area contributed by atoms with Crippen molar-refractivity contribution < 1.29 is 14.7 Å². The number of aliphatic carboxylic acids is 1. The lowest BCUT2D eigenvalue weighted by Crippen LogP contribution is -2.41. The Bertz CT molecular complexity index is 299. The van der Waals surface area contributed by atoms with Crippen molar-refractivity contribution in [2.24, 2.45) is 11.3 Å². The zero-order valence-corrected chi connectivity index (χ0v) is 11.3. The number of carbonyl (C=O) groups is 2. The highest BCUT2D eigenvalue weighted by atomic mass is 16.4. The molecule has 1 fully saturated rings. The second-order valence-corrected chi connectivity index (χ2v) is 5.58. The van der Waals surface area contributed by atoms with Crippen LogP contribution in [0.3, 0.4) is 0 Å². The summed E-state index contributed by atoms with van der Waals surface area (Å²) < 4.78 is 0. The lowest BCUT2D eigenvalue weighted by molar-refractivity contribution is -0.143. The summed E-state index contributed by atoms with van der Waals surface area (Å²) in [7, 11) is 0. The van der Waals surface area contributed by atoms with E-state index in [1.165, 1.54) is 6.42 Å². The maximum Gasteiger partial charge on any atom is 0.314 e. The summed E-state index contributed by atoms with van der Waals surface area (Å²) in [5.74, 6) is -0.108. The molecule has 1 rings (SSSR count). The fraction of sp³-hybridized carbons (Fsp3) is 0.846. The molecule has 0 unspecified atom stereocenters. The van der Waals surface area contributed by atoms with Gasteiger partial charge in [-0.05, 0) is 25.2 Å². The molecular formula is C13H24N2O3. The van der Waals surface area contributed by atoms with Gasteiger partial charge in [0.2, 0.25) is 0 Å². The first-order valence-corrected chi connectivity index (χ1v) is 6.71. The molecule has 0 heterocycles. The van der Waals surface area contributed by atoms with Crippen molar-refractivity contribution in [3.63, 3.8) is 0 Å². The Morgan fingerprint density at radius 2 is 1.89 bits per heavy atom. The molecule has 5 heteroatoms. The third kappa shape index (κ3) is 4.94. The Morgan fingerprint density at radius 3 is 2.39 bits per heavy atom. The van der Waals surface area contributed by atoms with Crippen LogP contribution in [0.2, 0.25) is 0 Å². The van der Waals surface area contributed by atoms with Crippen molar-refractivity contribution in [1.82, 2.24) is 10.6 Å². The van der Waals surface area contributed by atoms with Gasteiger partial charge in [0, 0.05) is 13.1 Å². The smallest absolute Gasteiger partial charge is 0.314 e. The van der Waals surface area contributed by atoms with Gasteiger partial charge < -0.3 is 15.7 Å². The quantitative estimate of drug-likeness (QED) is 0.581. The highest BCUT2D eigenvalue weighted by Gasteiger charge is 2.50.